The van der Waals surface area contributed by atoms with Gasteiger partial charge in [0.25, 0.3) is 0 Å². The van der Waals surface area contributed by atoms with E-state index < -0.39 is 0 Å². The summed E-state index contributed by atoms with van der Waals surface area (Å²) in [7, 11) is 0. The number of piperazine rings is 1. The van der Waals surface area contributed by atoms with Crippen LogP contribution in [0.2, 0.25) is 0 Å². The first-order chi connectivity index (χ1) is 7.75. The van der Waals surface area contributed by atoms with Crippen LogP contribution >= 0.6 is 12.4 Å². The van der Waals surface area contributed by atoms with E-state index in [2.05, 4.69) is 54.4 Å². The summed E-state index contributed by atoms with van der Waals surface area (Å²) in [5.74, 6) is 0.631. The highest BCUT2D eigenvalue weighted by Gasteiger charge is 2.17. The second-order valence-corrected chi connectivity index (χ2v) is 4.93. The molecule has 2 rings (SSSR count). The second-order valence-electron chi connectivity index (χ2n) is 4.93. The van der Waals surface area contributed by atoms with Crippen molar-refractivity contribution in [3.05, 3.63) is 35.9 Å². The highest BCUT2D eigenvalue weighted by Crippen LogP contribution is 2.16. The van der Waals surface area contributed by atoms with Gasteiger partial charge in [-0.1, -0.05) is 37.3 Å². The van der Waals surface area contributed by atoms with E-state index in [0.717, 1.165) is 6.54 Å². The molecule has 1 aromatic carbocycles. The molecular formula is C14H23ClN2. The SMILES string of the molecule is CC(CN1CCN[C@@H](C)C1)c1ccccc1.Cl. The normalized spacial score (nSPS) is 22.8. The van der Waals surface area contributed by atoms with E-state index in [9.17, 15) is 0 Å². The molecule has 0 bridgehead atoms. The smallest absolute Gasteiger partial charge is 0.0167 e. The maximum atomic E-state index is 3.48. The zero-order valence-electron chi connectivity index (χ0n) is 10.7. The molecule has 1 heterocycles. The van der Waals surface area contributed by atoms with Gasteiger partial charge in [-0.2, -0.15) is 0 Å². The molecular weight excluding hydrogens is 232 g/mol. The van der Waals surface area contributed by atoms with Crippen LogP contribution in [-0.4, -0.2) is 37.1 Å². The number of hydrogen-bond acceptors (Lipinski definition) is 2. The molecule has 3 heteroatoms. The number of rotatable bonds is 3. The van der Waals surface area contributed by atoms with E-state index in [0.29, 0.717) is 12.0 Å². The van der Waals surface area contributed by atoms with Gasteiger partial charge in [-0.25, -0.2) is 0 Å². The van der Waals surface area contributed by atoms with Gasteiger partial charge in [0.2, 0.25) is 0 Å². The molecule has 0 spiro atoms. The molecule has 1 N–H and O–H groups in total. The number of nitrogens with one attached hydrogen (secondary N) is 1. The summed E-state index contributed by atoms with van der Waals surface area (Å²) in [5.41, 5.74) is 1.45. The highest BCUT2D eigenvalue weighted by atomic mass is 35.5. The third kappa shape index (κ3) is 4.30. The minimum absolute atomic E-state index is 0. The Morgan fingerprint density at radius 2 is 2.06 bits per heavy atom. The first-order valence-corrected chi connectivity index (χ1v) is 6.26. The Morgan fingerprint density at radius 3 is 2.71 bits per heavy atom. The lowest BCUT2D eigenvalue weighted by Gasteiger charge is -2.33. The van der Waals surface area contributed by atoms with Crippen LogP contribution < -0.4 is 5.32 Å². The maximum absolute atomic E-state index is 3.48. The van der Waals surface area contributed by atoms with Gasteiger partial charge >= 0.3 is 0 Å². The molecule has 0 radical (unpaired) electrons. The summed E-state index contributed by atoms with van der Waals surface area (Å²) in [6, 6.07) is 11.4. The molecule has 0 aromatic heterocycles. The average Bonchev–Trinajstić information content (AvgIpc) is 2.30. The lowest BCUT2D eigenvalue weighted by Crippen LogP contribution is -2.49. The molecule has 0 amide bonds. The van der Waals surface area contributed by atoms with Crippen LogP contribution in [-0.2, 0) is 0 Å². The van der Waals surface area contributed by atoms with Crippen molar-refractivity contribution < 1.29 is 0 Å². The first-order valence-electron chi connectivity index (χ1n) is 6.26. The van der Waals surface area contributed by atoms with Gasteiger partial charge in [0.15, 0.2) is 0 Å². The summed E-state index contributed by atoms with van der Waals surface area (Å²) < 4.78 is 0. The average molecular weight is 255 g/mol. The van der Waals surface area contributed by atoms with Gasteiger partial charge in [0.1, 0.15) is 0 Å². The minimum atomic E-state index is 0. The van der Waals surface area contributed by atoms with Crippen LogP contribution in [0.5, 0.6) is 0 Å². The van der Waals surface area contributed by atoms with Crippen molar-refractivity contribution >= 4 is 12.4 Å². The Kier molecular flexibility index (Phi) is 5.96. The molecule has 0 saturated carbocycles. The second kappa shape index (κ2) is 7.00. The summed E-state index contributed by atoms with van der Waals surface area (Å²) in [5, 5.41) is 3.48. The number of hydrogen-bond donors (Lipinski definition) is 1. The first kappa shape index (κ1) is 14.5. The van der Waals surface area contributed by atoms with E-state index in [4.69, 9.17) is 0 Å². The molecule has 1 unspecified atom stereocenters. The van der Waals surface area contributed by atoms with Gasteiger partial charge in [-0.05, 0) is 18.4 Å². The third-order valence-corrected chi connectivity index (χ3v) is 3.35. The van der Waals surface area contributed by atoms with Crippen molar-refractivity contribution in [3.8, 4) is 0 Å². The van der Waals surface area contributed by atoms with Crippen molar-refractivity contribution in [3.63, 3.8) is 0 Å². The lowest BCUT2D eigenvalue weighted by atomic mass is 10.0. The lowest BCUT2D eigenvalue weighted by molar-refractivity contribution is 0.199. The fourth-order valence-corrected chi connectivity index (χ4v) is 2.45. The molecule has 1 aromatic rings. The summed E-state index contributed by atoms with van der Waals surface area (Å²) in [4.78, 5) is 2.57. The molecule has 1 saturated heterocycles. The summed E-state index contributed by atoms with van der Waals surface area (Å²) >= 11 is 0. The van der Waals surface area contributed by atoms with E-state index in [1.54, 1.807) is 0 Å². The molecule has 1 aliphatic rings. The monoisotopic (exact) mass is 254 g/mol. The van der Waals surface area contributed by atoms with Crippen molar-refractivity contribution in [2.45, 2.75) is 25.8 Å². The van der Waals surface area contributed by atoms with E-state index >= 15 is 0 Å². The Labute approximate surface area is 111 Å². The van der Waals surface area contributed by atoms with Crippen LogP contribution in [0.1, 0.15) is 25.3 Å². The van der Waals surface area contributed by atoms with Crippen molar-refractivity contribution in [2.75, 3.05) is 26.2 Å². The van der Waals surface area contributed by atoms with Crippen LogP contribution in [0.15, 0.2) is 30.3 Å². The summed E-state index contributed by atoms with van der Waals surface area (Å²) in [6.07, 6.45) is 0. The van der Waals surface area contributed by atoms with E-state index in [1.807, 2.05) is 0 Å². The largest absolute Gasteiger partial charge is 0.312 e. The number of halogens is 1. The molecule has 1 aliphatic heterocycles. The van der Waals surface area contributed by atoms with E-state index in [1.165, 1.54) is 25.2 Å². The van der Waals surface area contributed by atoms with Crippen LogP contribution in [0.25, 0.3) is 0 Å². The Hall–Kier alpha value is -0.570. The van der Waals surface area contributed by atoms with Gasteiger partial charge in [-0.15, -0.1) is 12.4 Å². The third-order valence-electron chi connectivity index (χ3n) is 3.35. The van der Waals surface area contributed by atoms with Crippen LogP contribution in [0, 0.1) is 0 Å². The number of benzene rings is 1. The maximum Gasteiger partial charge on any atom is 0.0167 e. The minimum Gasteiger partial charge on any atom is -0.312 e. The molecule has 0 aliphatic carbocycles. The van der Waals surface area contributed by atoms with E-state index in [-0.39, 0.29) is 12.4 Å². The molecule has 2 nitrogen and oxygen atoms in total. The van der Waals surface area contributed by atoms with Crippen molar-refractivity contribution in [2.24, 2.45) is 0 Å². The predicted octanol–water partition coefficient (Wildman–Crippen LogP) is 2.51. The Bertz CT molecular complexity index is 315. The number of nitrogens with zero attached hydrogens (tertiary/aromatic N) is 1. The van der Waals surface area contributed by atoms with Gasteiger partial charge in [0.05, 0.1) is 0 Å². The van der Waals surface area contributed by atoms with Crippen LogP contribution in [0.3, 0.4) is 0 Å². The van der Waals surface area contributed by atoms with Gasteiger partial charge < -0.3 is 5.32 Å². The van der Waals surface area contributed by atoms with Crippen molar-refractivity contribution in [1.29, 1.82) is 0 Å². The zero-order chi connectivity index (χ0) is 11.4. The quantitative estimate of drug-likeness (QED) is 0.892. The van der Waals surface area contributed by atoms with Gasteiger partial charge in [-0.3, -0.25) is 4.90 Å². The molecule has 1 fully saturated rings. The fourth-order valence-electron chi connectivity index (χ4n) is 2.45. The van der Waals surface area contributed by atoms with Crippen molar-refractivity contribution in [1.82, 2.24) is 10.2 Å². The van der Waals surface area contributed by atoms with Gasteiger partial charge in [0, 0.05) is 32.2 Å². The Balaban J connectivity index is 0.00000144. The zero-order valence-corrected chi connectivity index (χ0v) is 11.5. The summed E-state index contributed by atoms with van der Waals surface area (Å²) in [6.45, 7) is 9.25. The molecule has 96 valence electrons. The predicted molar refractivity (Wildman–Crippen MR) is 76.0 cm³/mol. The standard InChI is InChI=1S/C14H22N2.ClH/c1-12(14-6-4-3-5-7-14)10-16-9-8-15-13(2)11-16;/h3-7,12-13,15H,8-11H2,1-2H3;1H/t12?,13-;/m0./s1. The van der Waals surface area contributed by atoms with Crippen LogP contribution in [0.4, 0.5) is 0 Å². The fraction of sp³-hybridized carbons (Fsp3) is 0.571. The molecule has 2 atom stereocenters. The highest BCUT2D eigenvalue weighted by molar-refractivity contribution is 5.85. The Morgan fingerprint density at radius 1 is 1.35 bits per heavy atom. The topological polar surface area (TPSA) is 15.3 Å². The molecule has 17 heavy (non-hydrogen) atoms.